The molecule has 1 N–H and O–H groups in total. The third-order valence-corrected chi connectivity index (χ3v) is 4.61. The monoisotopic (exact) mass is 335 g/mol. The van der Waals surface area contributed by atoms with E-state index in [0.717, 1.165) is 12.8 Å². The molecule has 1 aliphatic carbocycles. The fourth-order valence-corrected chi connectivity index (χ4v) is 3.06. The zero-order valence-electron chi connectivity index (χ0n) is 12.1. The molecule has 1 aliphatic rings. The minimum atomic E-state index is -0.0841. The summed E-state index contributed by atoms with van der Waals surface area (Å²) >= 11 is 11.8. The highest BCUT2D eigenvalue weighted by atomic mass is 35.5. The van der Waals surface area contributed by atoms with Gasteiger partial charge in [0.25, 0.3) is 5.91 Å². The Kier molecular flexibility index (Phi) is 4.65. The Bertz CT molecular complexity index is 716. The summed E-state index contributed by atoms with van der Waals surface area (Å²) in [5, 5.41) is 3.74. The summed E-state index contributed by atoms with van der Waals surface area (Å²) in [6.45, 7) is 0.285. The fourth-order valence-electron chi connectivity index (χ4n) is 2.76. The molecule has 0 aliphatic heterocycles. The number of nitrogens with one attached hydrogen (secondary N) is 1. The van der Waals surface area contributed by atoms with Crippen LogP contribution in [0.3, 0.4) is 0 Å². The molecule has 2 aromatic rings. The van der Waals surface area contributed by atoms with E-state index in [2.05, 4.69) is 17.6 Å². The molecule has 22 heavy (non-hydrogen) atoms. The first-order valence-electron chi connectivity index (χ1n) is 7.37. The van der Waals surface area contributed by atoms with Crippen molar-refractivity contribution in [3.63, 3.8) is 0 Å². The highest BCUT2D eigenvalue weighted by molar-refractivity contribution is 6.42. The maximum absolute atomic E-state index is 12.1. The van der Waals surface area contributed by atoms with E-state index in [-0.39, 0.29) is 12.5 Å². The van der Waals surface area contributed by atoms with Crippen LogP contribution in [0.15, 0.2) is 36.7 Å². The van der Waals surface area contributed by atoms with E-state index < -0.39 is 0 Å². The third kappa shape index (κ3) is 3.60. The second-order valence-electron chi connectivity index (χ2n) is 5.55. The van der Waals surface area contributed by atoms with Gasteiger partial charge in [0, 0.05) is 17.3 Å². The molecular weight excluding hydrogens is 319 g/mol. The second kappa shape index (κ2) is 6.67. The minimum Gasteiger partial charge on any atom is -0.321 e. The number of carbonyl (C=O) groups is 1. The average Bonchev–Trinajstić information content (AvgIpc) is 2.51. The largest absolute Gasteiger partial charge is 0.321 e. The molecule has 0 fully saturated rings. The molecule has 5 heteroatoms. The number of hydrogen-bond acceptors (Lipinski definition) is 1. The van der Waals surface area contributed by atoms with Crippen LogP contribution in [0.25, 0.3) is 0 Å². The van der Waals surface area contributed by atoms with Crippen molar-refractivity contribution in [3.05, 3.63) is 57.8 Å². The summed E-state index contributed by atoms with van der Waals surface area (Å²) in [6.07, 6.45) is 8.79. The number of anilines is 1. The Morgan fingerprint density at radius 2 is 1.86 bits per heavy atom. The lowest BCUT2D eigenvalue weighted by molar-refractivity contribution is -0.684. The molecule has 1 amide bonds. The topological polar surface area (TPSA) is 33.0 Å². The quantitative estimate of drug-likeness (QED) is 0.850. The lowest BCUT2D eigenvalue weighted by Gasteiger charge is -2.13. The van der Waals surface area contributed by atoms with Crippen LogP contribution in [0.4, 0.5) is 5.69 Å². The molecule has 114 valence electrons. The number of hydrogen-bond donors (Lipinski definition) is 1. The van der Waals surface area contributed by atoms with Crippen LogP contribution in [0, 0.1) is 0 Å². The van der Waals surface area contributed by atoms with Gasteiger partial charge in [-0.05, 0) is 49.4 Å². The number of pyridine rings is 1. The van der Waals surface area contributed by atoms with E-state index in [1.54, 1.807) is 18.2 Å². The van der Waals surface area contributed by atoms with Gasteiger partial charge in [-0.15, -0.1) is 0 Å². The summed E-state index contributed by atoms with van der Waals surface area (Å²) in [6, 6.07) is 7.19. The number of halogens is 2. The first-order chi connectivity index (χ1) is 10.6. The number of rotatable bonds is 3. The van der Waals surface area contributed by atoms with Gasteiger partial charge >= 0.3 is 0 Å². The SMILES string of the molecule is O=C(C[n+]1ccc2c(c1)CCCC2)Nc1ccc(Cl)c(Cl)c1. The first-order valence-corrected chi connectivity index (χ1v) is 8.13. The summed E-state index contributed by atoms with van der Waals surface area (Å²) in [4.78, 5) is 12.1. The van der Waals surface area contributed by atoms with Gasteiger partial charge in [0.05, 0.1) is 10.0 Å². The molecular formula is C17H17Cl2N2O+. The molecule has 3 rings (SSSR count). The Morgan fingerprint density at radius 1 is 1.09 bits per heavy atom. The molecule has 1 aromatic heterocycles. The predicted molar refractivity (Wildman–Crippen MR) is 88.4 cm³/mol. The van der Waals surface area contributed by atoms with Crippen molar-refractivity contribution in [2.75, 3.05) is 5.32 Å². The molecule has 0 spiro atoms. The van der Waals surface area contributed by atoms with Gasteiger partial charge in [-0.3, -0.25) is 4.79 Å². The van der Waals surface area contributed by atoms with Crippen molar-refractivity contribution in [3.8, 4) is 0 Å². The summed E-state index contributed by atoms with van der Waals surface area (Å²) in [5.74, 6) is -0.0841. The highest BCUT2D eigenvalue weighted by Gasteiger charge is 2.16. The van der Waals surface area contributed by atoms with E-state index in [0.29, 0.717) is 15.7 Å². The maximum atomic E-state index is 12.1. The number of carbonyl (C=O) groups excluding carboxylic acids is 1. The van der Waals surface area contributed by atoms with Crippen LogP contribution in [-0.2, 0) is 24.2 Å². The van der Waals surface area contributed by atoms with Crippen LogP contribution >= 0.6 is 23.2 Å². The van der Waals surface area contributed by atoms with Crippen LogP contribution in [-0.4, -0.2) is 5.91 Å². The lowest BCUT2D eigenvalue weighted by atomic mass is 9.93. The molecule has 0 atom stereocenters. The smallest absolute Gasteiger partial charge is 0.290 e. The van der Waals surface area contributed by atoms with Crippen molar-refractivity contribution >= 4 is 34.8 Å². The van der Waals surface area contributed by atoms with Crippen LogP contribution in [0.2, 0.25) is 10.0 Å². The van der Waals surface area contributed by atoms with Crippen molar-refractivity contribution in [1.29, 1.82) is 0 Å². The van der Waals surface area contributed by atoms with E-state index in [1.807, 2.05) is 10.8 Å². The molecule has 0 bridgehead atoms. The fraction of sp³-hybridized carbons (Fsp3) is 0.294. The molecule has 0 unspecified atom stereocenters. The lowest BCUT2D eigenvalue weighted by Crippen LogP contribution is -2.40. The zero-order valence-corrected chi connectivity index (χ0v) is 13.6. The minimum absolute atomic E-state index is 0.0841. The molecule has 0 radical (unpaired) electrons. The van der Waals surface area contributed by atoms with E-state index in [4.69, 9.17) is 23.2 Å². The number of aryl methyl sites for hydroxylation is 2. The maximum Gasteiger partial charge on any atom is 0.290 e. The number of benzene rings is 1. The summed E-state index contributed by atoms with van der Waals surface area (Å²) in [5.41, 5.74) is 3.42. The molecule has 3 nitrogen and oxygen atoms in total. The van der Waals surface area contributed by atoms with Crippen molar-refractivity contribution in [1.82, 2.24) is 0 Å². The van der Waals surface area contributed by atoms with Gasteiger partial charge in [0.2, 0.25) is 6.54 Å². The van der Waals surface area contributed by atoms with Gasteiger partial charge in [0.1, 0.15) is 0 Å². The Labute approximate surface area is 139 Å². The second-order valence-corrected chi connectivity index (χ2v) is 6.37. The van der Waals surface area contributed by atoms with Gasteiger partial charge < -0.3 is 5.32 Å². The Morgan fingerprint density at radius 3 is 2.64 bits per heavy atom. The molecule has 1 aromatic carbocycles. The third-order valence-electron chi connectivity index (χ3n) is 3.87. The van der Waals surface area contributed by atoms with Crippen LogP contribution in [0.1, 0.15) is 24.0 Å². The van der Waals surface area contributed by atoms with Crippen LogP contribution < -0.4 is 9.88 Å². The van der Waals surface area contributed by atoms with Crippen molar-refractivity contribution < 1.29 is 9.36 Å². The number of nitrogens with zero attached hydrogens (tertiary/aromatic N) is 1. The standard InChI is InChI=1S/C17H16Cl2N2O/c18-15-6-5-14(9-16(15)19)20-17(22)11-21-8-7-12-3-1-2-4-13(12)10-21/h5-10H,1-4,11H2/p+1. The van der Waals surface area contributed by atoms with Gasteiger partial charge in [-0.2, -0.15) is 4.57 Å². The predicted octanol–water partition coefficient (Wildman–Crippen LogP) is 3.80. The van der Waals surface area contributed by atoms with E-state index >= 15 is 0 Å². The Balaban J connectivity index is 1.67. The van der Waals surface area contributed by atoms with Crippen LogP contribution in [0.5, 0.6) is 0 Å². The average molecular weight is 336 g/mol. The van der Waals surface area contributed by atoms with Gasteiger partial charge in [-0.1, -0.05) is 23.2 Å². The molecule has 0 saturated carbocycles. The highest BCUT2D eigenvalue weighted by Crippen LogP contribution is 2.25. The number of amides is 1. The molecule has 0 saturated heterocycles. The summed E-state index contributed by atoms with van der Waals surface area (Å²) in [7, 11) is 0. The number of aromatic nitrogens is 1. The summed E-state index contributed by atoms with van der Waals surface area (Å²) < 4.78 is 1.93. The van der Waals surface area contributed by atoms with E-state index in [9.17, 15) is 4.79 Å². The first kappa shape index (κ1) is 15.3. The number of fused-ring (bicyclic) bond motifs is 1. The zero-order chi connectivity index (χ0) is 15.5. The van der Waals surface area contributed by atoms with Gasteiger partial charge in [-0.25, -0.2) is 0 Å². The van der Waals surface area contributed by atoms with Crippen molar-refractivity contribution in [2.45, 2.75) is 32.2 Å². The normalized spacial score (nSPS) is 13.5. The van der Waals surface area contributed by atoms with E-state index in [1.165, 1.54) is 24.0 Å². The Hall–Kier alpha value is -1.58. The molecule has 1 heterocycles. The van der Waals surface area contributed by atoms with Gasteiger partial charge in [0.15, 0.2) is 12.4 Å². The van der Waals surface area contributed by atoms with Crippen molar-refractivity contribution in [2.24, 2.45) is 0 Å².